The van der Waals surface area contributed by atoms with Crippen molar-refractivity contribution in [2.75, 3.05) is 6.61 Å². The highest BCUT2D eigenvalue weighted by atomic mass is 16.3. The first-order valence-corrected chi connectivity index (χ1v) is 3.43. The number of aliphatic hydroxyl groups excluding tert-OH is 1. The molecule has 8 heavy (non-hydrogen) atoms. The van der Waals surface area contributed by atoms with Gasteiger partial charge in [-0.3, -0.25) is 0 Å². The lowest BCUT2D eigenvalue weighted by Gasteiger charge is -2.03. The van der Waals surface area contributed by atoms with Gasteiger partial charge in [-0.1, -0.05) is 19.8 Å². The second-order valence-electron chi connectivity index (χ2n) is 2.97. The van der Waals surface area contributed by atoms with Crippen LogP contribution in [-0.4, -0.2) is 11.7 Å². The summed E-state index contributed by atoms with van der Waals surface area (Å²) in [6.07, 6.45) is 4.06. The summed E-state index contributed by atoms with van der Waals surface area (Å²) in [5, 5.41) is 8.61. The zero-order valence-electron chi connectivity index (χ0n) is 5.43. The molecule has 0 amide bonds. The molecule has 0 aliphatic heterocycles. The minimum absolute atomic E-state index is 0.372. The van der Waals surface area contributed by atoms with Crippen LogP contribution in [0.4, 0.5) is 0 Å². The zero-order valence-corrected chi connectivity index (χ0v) is 5.43. The van der Waals surface area contributed by atoms with Crippen LogP contribution in [0.25, 0.3) is 0 Å². The maximum Gasteiger partial charge on any atom is 0.0456 e. The third-order valence-electron chi connectivity index (χ3n) is 1.74. The van der Waals surface area contributed by atoms with E-state index in [1.54, 1.807) is 0 Å². The third kappa shape index (κ3) is 1.83. The van der Waals surface area contributed by atoms with Crippen LogP contribution in [0, 0.1) is 11.8 Å². The Morgan fingerprint density at radius 3 is 2.62 bits per heavy atom. The number of rotatable bonds is 3. The molecule has 0 aromatic carbocycles. The average molecular weight is 114 g/mol. The fourth-order valence-corrected chi connectivity index (χ4v) is 0.997. The van der Waals surface area contributed by atoms with Gasteiger partial charge in [-0.05, 0) is 18.3 Å². The normalized spacial score (nSPS) is 23.2. The first kappa shape index (κ1) is 6.09. The molecular weight excluding hydrogens is 100 g/mol. The highest BCUT2D eigenvalue weighted by Crippen LogP contribution is 2.34. The Morgan fingerprint density at radius 1 is 1.62 bits per heavy atom. The van der Waals surface area contributed by atoms with Gasteiger partial charge >= 0.3 is 0 Å². The topological polar surface area (TPSA) is 20.2 Å². The SMILES string of the molecule is CC(CO)CC1CC1. The molecule has 1 atom stereocenters. The van der Waals surface area contributed by atoms with E-state index >= 15 is 0 Å². The predicted molar refractivity (Wildman–Crippen MR) is 33.6 cm³/mol. The van der Waals surface area contributed by atoms with Gasteiger partial charge in [0.2, 0.25) is 0 Å². The van der Waals surface area contributed by atoms with Gasteiger partial charge in [0.15, 0.2) is 0 Å². The summed E-state index contributed by atoms with van der Waals surface area (Å²) in [6, 6.07) is 0. The molecule has 1 aliphatic rings. The third-order valence-corrected chi connectivity index (χ3v) is 1.74. The number of aliphatic hydroxyl groups is 1. The molecule has 1 saturated carbocycles. The van der Waals surface area contributed by atoms with E-state index < -0.39 is 0 Å². The van der Waals surface area contributed by atoms with Crippen molar-refractivity contribution in [2.45, 2.75) is 26.2 Å². The lowest BCUT2D eigenvalue weighted by molar-refractivity contribution is 0.225. The van der Waals surface area contributed by atoms with E-state index in [9.17, 15) is 0 Å². The van der Waals surface area contributed by atoms with E-state index in [0.29, 0.717) is 12.5 Å². The van der Waals surface area contributed by atoms with Gasteiger partial charge in [0, 0.05) is 6.61 Å². The Hall–Kier alpha value is -0.0400. The molecule has 1 aliphatic carbocycles. The fraction of sp³-hybridized carbons (Fsp3) is 1.00. The second kappa shape index (κ2) is 2.49. The molecule has 0 radical (unpaired) electrons. The Morgan fingerprint density at radius 2 is 2.25 bits per heavy atom. The maximum atomic E-state index is 8.61. The van der Waals surface area contributed by atoms with Gasteiger partial charge in [0.25, 0.3) is 0 Å². The molecule has 0 aromatic rings. The summed E-state index contributed by atoms with van der Waals surface area (Å²) in [6.45, 7) is 2.48. The van der Waals surface area contributed by atoms with Crippen LogP contribution in [0.2, 0.25) is 0 Å². The highest BCUT2D eigenvalue weighted by molar-refractivity contribution is 4.74. The van der Waals surface area contributed by atoms with Crippen LogP contribution in [0.5, 0.6) is 0 Å². The molecular formula is C7H14O. The first-order chi connectivity index (χ1) is 3.83. The van der Waals surface area contributed by atoms with Crippen molar-refractivity contribution >= 4 is 0 Å². The summed E-state index contributed by atoms with van der Waals surface area (Å²) in [4.78, 5) is 0. The van der Waals surface area contributed by atoms with E-state index in [4.69, 9.17) is 5.11 Å². The van der Waals surface area contributed by atoms with E-state index in [2.05, 4.69) is 6.92 Å². The van der Waals surface area contributed by atoms with Gasteiger partial charge in [-0.2, -0.15) is 0 Å². The Kier molecular flexibility index (Phi) is 1.90. The highest BCUT2D eigenvalue weighted by Gasteiger charge is 2.22. The molecule has 1 heteroatoms. The summed E-state index contributed by atoms with van der Waals surface area (Å²) >= 11 is 0. The van der Waals surface area contributed by atoms with Gasteiger partial charge < -0.3 is 5.11 Å². The van der Waals surface area contributed by atoms with Gasteiger partial charge in [0.1, 0.15) is 0 Å². The number of hydrogen-bond acceptors (Lipinski definition) is 1. The van der Waals surface area contributed by atoms with E-state index in [-0.39, 0.29) is 0 Å². The molecule has 1 N–H and O–H groups in total. The quantitative estimate of drug-likeness (QED) is 0.588. The van der Waals surface area contributed by atoms with Crippen LogP contribution in [0.15, 0.2) is 0 Å². The van der Waals surface area contributed by atoms with E-state index in [0.717, 1.165) is 5.92 Å². The minimum atomic E-state index is 0.372. The van der Waals surface area contributed by atoms with Crippen molar-refractivity contribution in [3.63, 3.8) is 0 Å². The average Bonchev–Trinajstić information content (AvgIpc) is 2.50. The molecule has 0 bridgehead atoms. The number of hydrogen-bond donors (Lipinski definition) is 1. The van der Waals surface area contributed by atoms with Crippen LogP contribution >= 0.6 is 0 Å². The molecule has 0 spiro atoms. The van der Waals surface area contributed by atoms with Gasteiger partial charge in [-0.15, -0.1) is 0 Å². The Labute approximate surface area is 50.7 Å². The molecule has 0 saturated heterocycles. The molecule has 0 aromatic heterocycles. The van der Waals surface area contributed by atoms with Crippen LogP contribution in [0.3, 0.4) is 0 Å². The predicted octanol–water partition coefficient (Wildman–Crippen LogP) is 1.41. The molecule has 1 nitrogen and oxygen atoms in total. The van der Waals surface area contributed by atoms with Crippen molar-refractivity contribution < 1.29 is 5.11 Å². The first-order valence-electron chi connectivity index (χ1n) is 3.43. The molecule has 1 unspecified atom stereocenters. The summed E-state index contributed by atoms with van der Waals surface area (Å²) < 4.78 is 0. The maximum absolute atomic E-state index is 8.61. The zero-order chi connectivity index (χ0) is 5.98. The van der Waals surface area contributed by atoms with E-state index in [1.165, 1.54) is 19.3 Å². The second-order valence-corrected chi connectivity index (χ2v) is 2.97. The lowest BCUT2D eigenvalue weighted by atomic mass is 10.1. The van der Waals surface area contributed by atoms with Crippen molar-refractivity contribution in [3.05, 3.63) is 0 Å². The van der Waals surface area contributed by atoms with Crippen molar-refractivity contribution in [1.82, 2.24) is 0 Å². The monoisotopic (exact) mass is 114 g/mol. The molecule has 0 heterocycles. The van der Waals surface area contributed by atoms with Gasteiger partial charge in [-0.25, -0.2) is 0 Å². The largest absolute Gasteiger partial charge is 0.396 e. The van der Waals surface area contributed by atoms with Crippen molar-refractivity contribution in [2.24, 2.45) is 11.8 Å². The van der Waals surface area contributed by atoms with Crippen LogP contribution < -0.4 is 0 Å². The van der Waals surface area contributed by atoms with E-state index in [1.807, 2.05) is 0 Å². The summed E-state index contributed by atoms with van der Waals surface area (Å²) in [7, 11) is 0. The molecule has 1 rings (SSSR count). The van der Waals surface area contributed by atoms with Crippen molar-refractivity contribution in [3.8, 4) is 0 Å². The Bertz CT molecular complexity index is 66.8. The minimum Gasteiger partial charge on any atom is -0.396 e. The lowest BCUT2D eigenvalue weighted by Crippen LogP contribution is -2.00. The van der Waals surface area contributed by atoms with Crippen LogP contribution in [0.1, 0.15) is 26.2 Å². The standard InChI is InChI=1S/C7H14O/c1-6(5-8)4-7-2-3-7/h6-8H,2-5H2,1H3. The van der Waals surface area contributed by atoms with Crippen LogP contribution in [-0.2, 0) is 0 Å². The summed E-state index contributed by atoms with van der Waals surface area (Å²) in [5.41, 5.74) is 0. The Balaban J connectivity index is 1.98. The van der Waals surface area contributed by atoms with Crippen molar-refractivity contribution in [1.29, 1.82) is 0 Å². The molecule has 1 fully saturated rings. The summed E-state index contributed by atoms with van der Waals surface area (Å²) in [5.74, 6) is 1.51. The van der Waals surface area contributed by atoms with Gasteiger partial charge in [0.05, 0.1) is 0 Å². The molecule has 48 valence electrons. The smallest absolute Gasteiger partial charge is 0.0456 e. The fourth-order valence-electron chi connectivity index (χ4n) is 0.997.